The van der Waals surface area contributed by atoms with Crippen LogP contribution < -0.4 is 21.3 Å². The molecule has 2 aliphatic heterocycles. The predicted molar refractivity (Wildman–Crippen MR) is 194 cm³/mol. The second-order valence-corrected chi connectivity index (χ2v) is 13.0. The second kappa shape index (κ2) is 11.0. The Morgan fingerprint density at radius 3 is 2.22 bits per heavy atom. The van der Waals surface area contributed by atoms with Gasteiger partial charge in [-0.2, -0.15) is 0 Å². The topological polar surface area (TPSA) is 3.24 Å². The van der Waals surface area contributed by atoms with Crippen LogP contribution in [0.1, 0.15) is 43.2 Å². The van der Waals surface area contributed by atoms with Gasteiger partial charge in [-0.1, -0.05) is 150 Å². The summed E-state index contributed by atoms with van der Waals surface area (Å²) in [7, 11) is 0. The number of allylic oxidation sites excluding steroid dienone is 12. The summed E-state index contributed by atoms with van der Waals surface area (Å²) < 4.78 is 0. The van der Waals surface area contributed by atoms with Crippen LogP contribution in [-0.2, 0) is 0 Å². The number of fused-ring (bicyclic) bond motifs is 4. The van der Waals surface area contributed by atoms with Crippen molar-refractivity contribution in [1.29, 1.82) is 0 Å². The highest BCUT2D eigenvalue weighted by Crippen LogP contribution is 2.50. The lowest BCUT2D eigenvalue weighted by Gasteiger charge is -2.49. The quantitative estimate of drug-likeness (QED) is 0.221. The zero-order valence-electron chi connectivity index (χ0n) is 25.6. The van der Waals surface area contributed by atoms with Gasteiger partial charge in [0.1, 0.15) is 0 Å². The summed E-state index contributed by atoms with van der Waals surface area (Å²) in [5, 5.41) is 0. The molecule has 0 aromatic heterocycles. The zero-order valence-corrected chi connectivity index (χ0v) is 25.6. The summed E-state index contributed by atoms with van der Waals surface area (Å²) >= 11 is 0. The van der Waals surface area contributed by atoms with Crippen LogP contribution in [0.2, 0.25) is 5.82 Å². The Morgan fingerprint density at radius 1 is 0.622 bits per heavy atom. The maximum atomic E-state index is 2.63. The van der Waals surface area contributed by atoms with Gasteiger partial charge in [0.15, 0.2) is 0 Å². The lowest BCUT2D eigenvalue weighted by atomic mass is 9.26. The van der Waals surface area contributed by atoms with Gasteiger partial charge in [0.25, 0.3) is 0 Å². The Bertz CT molecular complexity index is 2010. The molecule has 1 atom stereocenters. The van der Waals surface area contributed by atoms with Crippen molar-refractivity contribution < 1.29 is 0 Å². The SMILES string of the molecule is C1=CC(c2cccc(B3C4=C5C(CC=C4)B(C4=CC(c6ccccc6)=CCC4)c4ccccc4N5c4ccccc43)c2)=CCC1. The summed E-state index contributed by atoms with van der Waals surface area (Å²) in [6, 6.07) is 38.7. The molecule has 3 heteroatoms. The molecule has 45 heavy (non-hydrogen) atoms. The van der Waals surface area contributed by atoms with E-state index in [2.05, 4.69) is 151 Å². The van der Waals surface area contributed by atoms with E-state index in [1.54, 1.807) is 5.47 Å². The van der Waals surface area contributed by atoms with Crippen LogP contribution in [-0.4, -0.2) is 13.4 Å². The molecular weight excluding hydrogens is 540 g/mol. The maximum Gasteiger partial charge on any atom is 0.246 e. The fourth-order valence-corrected chi connectivity index (χ4v) is 8.59. The third-order valence-corrected chi connectivity index (χ3v) is 10.5. The predicted octanol–water partition coefficient (Wildman–Crippen LogP) is 8.36. The molecule has 0 bridgehead atoms. The van der Waals surface area contributed by atoms with Crippen LogP contribution in [0.3, 0.4) is 0 Å². The molecule has 0 saturated heterocycles. The Labute approximate surface area is 267 Å². The molecule has 0 spiro atoms. The van der Waals surface area contributed by atoms with Gasteiger partial charge in [0.05, 0.1) is 0 Å². The molecule has 5 aliphatic rings. The van der Waals surface area contributed by atoms with E-state index in [0.29, 0.717) is 12.5 Å². The van der Waals surface area contributed by atoms with E-state index in [-0.39, 0.29) is 6.71 Å². The first-order chi connectivity index (χ1) is 22.3. The first kappa shape index (κ1) is 26.6. The van der Waals surface area contributed by atoms with Crippen LogP contribution in [0.25, 0.3) is 11.1 Å². The van der Waals surface area contributed by atoms with E-state index in [9.17, 15) is 0 Å². The number of para-hydroxylation sites is 2. The molecular formula is C42H35B2N. The summed E-state index contributed by atoms with van der Waals surface area (Å²) in [6.45, 7) is 0.556. The highest BCUT2D eigenvalue weighted by Gasteiger charge is 2.48. The van der Waals surface area contributed by atoms with Crippen LogP contribution in [0, 0.1) is 0 Å². The molecule has 214 valence electrons. The molecule has 0 saturated carbocycles. The average molecular weight is 575 g/mol. The number of rotatable bonds is 4. The summed E-state index contributed by atoms with van der Waals surface area (Å²) in [4.78, 5) is 2.63. The summed E-state index contributed by atoms with van der Waals surface area (Å²) in [5.41, 5.74) is 16.8. The number of anilines is 2. The van der Waals surface area contributed by atoms with Crippen LogP contribution in [0.5, 0.6) is 0 Å². The Morgan fingerprint density at radius 2 is 1.38 bits per heavy atom. The van der Waals surface area contributed by atoms with Crippen LogP contribution >= 0.6 is 0 Å². The van der Waals surface area contributed by atoms with Crippen molar-refractivity contribution in [3.8, 4) is 0 Å². The van der Waals surface area contributed by atoms with Gasteiger partial charge < -0.3 is 4.90 Å². The fraction of sp³-hybridized carbons (Fsp3) is 0.143. The van der Waals surface area contributed by atoms with Crippen molar-refractivity contribution in [2.45, 2.75) is 37.9 Å². The Balaban J connectivity index is 1.24. The zero-order chi connectivity index (χ0) is 29.7. The molecule has 4 aromatic carbocycles. The van der Waals surface area contributed by atoms with Crippen LogP contribution in [0.4, 0.5) is 11.4 Å². The molecule has 9 rings (SSSR count). The number of nitrogens with zero attached hydrogens (tertiary/aromatic N) is 1. The summed E-state index contributed by atoms with van der Waals surface area (Å²) in [5.74, 6) is 0.393. The lowest BCUT2D eigenvalue weighted by molar-refractivity contribution is 0.870. The van der Waals surface area contributed by atoms with Gasteiger partial charge >= 0.3 is 0 Å². The van der Waals surface area contributed by atoms with E-state index < -0.39 is 0 Å². The van der Waals surface area contributed by atoms with E-state index in [1.165, 1.54) is 61.2 Å². The highest BCUT2D eigenvalue weighted by molar-refractivity contribution is 6.93. The Hall–Kier alpha value is -4.75. The van der Waals surface area contributed by atoms with Crippen molar-refractivity contribution >= 4 is 52.3 Å². The normalized spacial score (nSPS) is 19.8. The number of hydrogen-bond donors (Lipinski definition) is 0. The van der Waals surface area contributed by atoms with Gasteiger partial charge in [-0.25, -0.2) is 0 Å². The van der Waals surface area contributed by atoms with Gasteiger partial charge in [-0.15, -0.1) is 0 Å². The van der Waals surface area contributed by atoms with Gasteiger partial charge in [-0.3, -0.25) is 0 Å². The number of benzene rings is 4. The van der Waals surface area contributed by atoms with E-state index in [1.807, 2.05) is 0 Å². The lowest BCUT2D eigenvalue weighted by Crippen LogP contribution is -2.57. The third-order valence-electron chi connectivity index (χ3n) is 10.5. The van der Waals surface area contributed by atoms with Crippen molar-refractivity contribution in [3.05, 3.63) is 173 Å². The molecule has 0 N–H and O–H groups in total. The van der Waals surface area contributed by atoms with Crippen molar-refractivity contribution in [1.82, 2.24) is 0 Å². The highest BCUT2D eigenvalue weighted by atomic mass is 15.2. The standard InChI is InChI=1S/C42H35B2N/c1-3-14-30(15-4-1)32-18-11-20-34(28-32)43-36-22-7-9-26-40(36)45-41-27-10-8-23-37(41)44(39-25-13-24-38(43)42(39)45)35-21-12-19-33(29-35)31-16-5-2-6-17-31/h1,3-5,7-10,12-19,21-23,25-29,38H,2,6,11,20,24H2. The molecule has 0 fully saturated rings. The minimum Gasteiger partial charge on any atom is -0.316 e. The third kappa shape index (κ3) is 4.40. The molecule has 3 aliphatic carbocycles. The molecule has 4 aromatic rings. The first-order valence-electron chi connectivity index (χ1n) is 16.7. The monoisotopic (exact) mass is 575 g/mol. The van der Waals surface area contributed by atoms with E-state index in [0.717, 1.165) is 32.1 Å². The second-order valence-electron chi connectivity index (χ2n) is 13.0. The molecule has 1 unspecified atom stereocenters. The fourth-order valence-electron chi connectivity index (χ4n) is 8.59. The van der Waals surface area contributed by atoms with Gasteiger partial charge in [0, 0.05) is 17.1 Å². The minimum atomic E-state index is 0.200. The van der Waals surface area contributed by atoms with Crippen molar-refractivity contribution in [2.75, 3.05) is 4.90 Å². The first-order valence-corrected chi connectivity index (χ1v) is 16.7. The van der Waals surface area contributed by atoms with Crippen molar-refractivity contribution in [3.63, 3.8) is 0 Å². The van der Waals surface area contributed by atoms with E-state index >= 15 is 0 Å². The smallest absolute Gasteiger partial charge is 0.246 e. The van der Waals surface area contributed by atoms with Crippen molar-refractivity contribution in [2.24, 2.45) is 0 Å². The maximum absolute atomic E-state index is 2.63. The molecule has 2 heterocycles. The van der Waals surface area contributed by atoms with Gasteiger partial charge in [0.2, 0.25) is 13.4 Å². The Kier molecular flexibility index (Phi) is 6.51. The largest absolute Gasteiger partial charge is 0.316 e. The number of hydrogen-bond acceptors (Lipinski definition) is 1. The molecule has 1 nitrogen and oxygen atoms in total. The van der Waals surface area contributed by atoms with Gasteiger partial charge in [-0.05, 0) is 83.3 Å². The van der Waals surface area contributed by atoms with Crippen LogP contribution in [0.15, 0.2) is 162 Å². The minimum absolute atomic E-state index is 0.200. The molecule has 0 amide bonds. The van der Waals surface area contributed by atoms with E-state index in [4.69, 9.17) is 0 Å². The summed E-state index contributed by atoms with van der Waals surface area (Å²) in [6.07, 6.45) is 22.4. The average Bonchev–Trinajstić information content (AvgIpc) is 3.12. The molecule has 0 radical (unpaired) electrons.